The molecule has 0 radical (unpaired) electrons. The zero-order valence-corrected chi connectivity index (χ0v) is 12.7. The summed E-state index contributed by atoms with van der Waals surface area (Å²) in [5.41, 5.74) is 0.655. The number of aliphatic hydroxyl groups excluding tert-OH is 1. The molecule has 1 aromatic carbocycles. The van der Waals surface area contributed by atoms with Crippen molar-refractivity contribution >= 4 is 32.9 Å². The van der Waals surface area contributed by atoms with Gasteiger partial charge in [0.25, 0.3) is 0 Å². The van der Waals surface area contributed by atoms with Gasteiger partial charge in [0, 0.05) is 9.86 Å². The number of aliphatic hydroxyl groups is 1. The number of ether oxygens (including phenoxy) is 1. The van der Waals surface area contributed by atoms with E-state index in [1.165, 1.54) is 4.57 Å². The molecule has 0 saturated heterocycles. The van der Waals surface area contributed by atoms with E-state index in [-0.39, 0.29) is 6.61 Å². The summed E-state index contributed by atoms with van der Waals surface area (Å²) in [5, 5.41) is 10.3. The summed E-state index contributed by atoms with van der Waals surface area (Å²) in [6, 6.07) is 7.40. The second-order valence-electron chi connectivity index (χ2n) is 5.31. The van der Waals surface area contributed by atoms with Gasteiger partial charge < -0.3 is 9.84 Å². The Balaban J connectivity index is 2.56. The molecule has 0 bridgehead atoms. The lowest BCUT2D eigenvalue weighted by Gasteiger charge is -2.20. The normalized spacial score (nSPS) is 11.8. The van der Waals surface area contributed by atoms with Gasteiger partial charge in [0.05, 0.1) is 17.8 Å². The average Bonchev–Trinajstić information content (AvgIpc) is 2.64. The molecule has 5 heteroatoms. The standard InChI is InChI=1S/C14H16BrNO3/c1-14(2,3)19-13(18)16-11(8-17)6-9-4-5-10(15)7-12(9)16/h4-7,17H,8H2,1-3H3. The molecule has 0 aliphatic rings. The van der Waals surface area contributed by atoms with Crippen LogP contribution in [0.5, 0.6) is 0 Å². The van der Waals surface area contributed by atoms with Gasteiger partial charge in [-0.25, -0.2) is 9.36 Å². The van der Waals surface area contributed by atoms with Crippen molar-refractivity contribution in [1.29, 1.82) is 0 Å². The molecule has 0 aliphatic heterocycles. The molecular formula is C14H16BrNO3. The summed E-state index contributed by atoms with van der Waals surface area (Å²) in [4.78, 5) is 12.2. The maximum atomic E-state index is 12.2. The summed E-state index contributed by atoms with van der Waals surface area (Å²) < 4.78 is 7.65. The third-order valence-electron chi connectivity index (χ3n) is 2.58. The summed E-state index contributed by atoms with van der Waals surface area (Å²) in [6.45, 7) is 5.22. The number of aromatic nitrogens is 1. The lowest BCUT2D eigenvalue weighted by atomic mass is 10.2. The van der Waals surface area contributed by atoms with Crippen LogP contribution in [0, 0.1) is 0 Å². The van der Waals surface area contributed by atoms with E-state index in [0.29, 0.717) is 11.2 Å². The Hall–Kier alpha value is -1.33. The molecular weight excluding hydrogens is 310 g/mol. The summed E-state index contributed by atoms with van der Waals surface area (Å²) in [5.74, 6) is 0. The molecule has 0 aliphatic carbocycles. The summed E-state index contributed by atoms with van der Waals surface area (Å²) in [7, 11) is 0. The third-order valence-corrected chi connectivity index (χ3v) is 3.07. The predicted octanol–water partition coefficient (Wildman–Crippen LogP) is 3.68. The molecule has 0 amide bonds. The van der Waals surface area contributed by atoms with Crippen LogP contribution < -0.4 is 0 Å². The van der Waals surface area contributed by atoms with Crippen LogP contribution in [-0.4, -0.2) is 21.4 Å². The van der Waals surface area contributed by atoms with Crippen molar-refractivity contribution in [1.82, 2.24) is 4.57 Å². The molecule has 4 nitrogen and oxygen atoms in total. The second kappa shape index (κ2) is 4.98. The van der Waals surface area contributed by atoms with Crippen LogP contribution in [0.2, 0.25) is 0 Å². The lowest BCUT2D eigenvalue weighted by Crippen LogP contribution is -2.28. The Morgan fingerprint density at radius 1 is 1.37 bits per heavy atom. The van der Waals surface area contributed by atoms with Gasteiger partial charge in [-0.2, -0.15) is 0 Å². The van der Waals surface area contributed by atoms with Crippen molar-refractivity contribution in [3.63, 3.8) is 0 Å². The molecule has 2 aromatic rings. The first-order valence-corrected chi connectivity index (χ1v) is 6.75. The SMILES string of the molecule is CC(C)(C)OC(=O)n1c(CO)cc2ccc(Br)cc21. The number of nitrogens with zero attached hydrogens (tertiary/aromatic N) is 1. The van der Waals surface area contributed by atoms with Crippen molar-refractivity contribution in [3.8, 4) is 0 Å². The molecule has 0 saturated carbocycles. The van der Waals surface area contributed by atoms with E-state index in [4.69, 9.17) is 4.74 Å². The summed E-state index contributed by atoms with van der Waals surface area (Å²) >= 11 is 3.38. The van der Waals surface area contributed by atoms with Crippen LogP contribution in [0.4, 0.5) is 4.79 Å². The fraction of sp³-hybridized carbons (Fsp3) is 0.357. The van der Waals surface area contributed by atoms with Crippen LogP contribution in [0.25, 0.3) is 10.9 Å². The molecule has 0 atom stereocenters. The third kappa shape index (κ3) is 2.98. The number of carbonyl (C=O) groups is 1. The first-order valence-electron chi connectivity index (χ1n) is 5.96. The van der Waals surface area contributed by atoms with Gasteiger partial charge in [-0.15, -0.1) is 0 Å². The quantitative estimate of drug-likeness (QED) is 0.870. The van der Waals surface area contributed by atoms with Crippen molar-refractivity contribution < 1.29 is 14.6 Å². The van der Waals surface area contributed by atoms with Crippen LogP contribution in [0.3, 0.4) is 0 Å². The minimum Gasteiger partial charge on any atom is -0.443 e. The van der Waals surface area contributed by atoms with Crippen LogP contribution in [0.1, 0.15) is 26.5 Å². The van der Waals surface area contributed by atoms with Crippen LogP contribution in [0.15, 0.2) is 28.7 Å². The first kappa shape index (κ1) is 14.1. The van der Waals surface area contributed by atoms with Crippen molar-refractivity contribution in [3.05, 3.63) is 34.4 Å². The fourth-order valence-corrected chi connectivity index (χ4v) is 2.22. The molecule has 2 rings (SSSR count). The van der Waals surface area contributed by atoms with E-state index in [2.05, 4.69) is 15.9 Å². The number of carbonyl (C=O) groups excluding carboxylic acids is 1. The highest BCUT2D eigenvalue weighted by atomic mass is 79.9. The predicted molar refractivity (Wildman–Crippen MR) is 77.2 cm³/mol. The van der Waals surface area contributed by atoms with E-state index < -0.39 is 11.7 Å². The van der Waals surface area contributed by atoms with Crippen LogP contribution >= 0.6 is 15.9 Å². The van der Waals surface area contributed by atoms with E-state index in [1.807, 2.05) is 39.0 Å². The number of fused-ring (bicyclic) bond motifs is 1. The molecule has 1 aromatic heterocycles. The smallest absolute Gasteiger partial charge is 0.419 e. The maximum Gasteiger partial charge on any atom is 0.419 e. The molecule has 0 unspecified atom stereocenters. The Bertz CT molecular complexity index is 625. The van der Waals surface area contributed by atoms with Gasteiger partial charge >= 0.3 is 6.09 Å². The van der Waals surface area contributed by atoms with E-state index in [0.717, 1.165) is 9.86 Å². The van der Waals surface area contributed by atoms with Gasteiger partial charge in [0.1, 0.15) is 5.60 Å². The highest BCUT2D eigenvalue weighted by Crippen LogP contribution is 2.25. The number of benzene rings is 1. The molecule has 0 fully saturated rings. The maximum absolute atomic E-state index is 12.2. The van der Waals surface area contributed by atoms with E-state index >= 15 is 0 Å². The molecule has 19 heavy (non-hydrogen) atoms. The van der Waals surface area contributed by atoms with Crippen molar-refractivity contribution in [2.24, 2.45) is 0 Å². The molecule has 1 heterocycles. The fourth-order valence-electron chi connectivity index (χ4n) is 1.87. The minimum atomic E-state index is -0.577. The number of halogens is 1. The van der Waals surface area contributed by atoms with Crippen LogP contribution in [-0.2, 0) is 11.3 Å². The van der Waals surface area contributed by atoms with Gasteiger partial charge in [0.15, 0.2) is 0 Å². The topological polar surface area (TPSA) is 51.5 Å². The minimum absolute atomic E-state index is 0.217. The Labute approximate surface area is 120 Å². The summed E-state index contributed by atoms with van der Waals surface area (Å²) in [6.07, 6.45) is -0.482. The van der Waals surface area contributed by atoms with Gasteiger partial charge in [-0.3, -0.25) is 0 Å². The van der Waals surface area contributed by atoms with E-state index in [1.54, 1.807) is 6.07 Å². The Morgan fingerprint density at radius 2 is 2.05 bits per heavy atom. The average molecular weight is 326 g/mol. The number of rotatable bonds is 1. The molecule has 1 N–H and O–H groups in total. The van der Waals surface area contributed by atoms with Gasteiger partial charge in [-0.1, -0.05) is 22.0 Å². The highest BCUT2D eigenvalue weighted by molar-refractivity contribution is 9.10. The monoisotopic (exact) mass is 325 g/mol. The van der Waals surface area contributed by atoms with Crippen molar-refractivity contribution in [2.45, 2.75) is 33.0 Å². The molecule has 0 spiro atoms. The highest BCUT2D eigenvalue weighted by Gasteiger charge is 2.21. The number of hydrogen-bond donors (Lipinski definition) is 1. The zero-order chi connectivity index (χ0) is 14.2. The largest absolute Gasteiger partial charge is 0.443 e. The second-order valence-corrected chi connectivity index (χ2v) is 6.23. The van der Waals surface area contributed by atoms with Gasteiger partial charge in [-0.05, 0) is 39.0 Å². The van der Waals surface area contributed by atoms with Gasteiger partial charge in [0.2, 0.25) is 0 Å². The Kier molecular flexibility index (Phi) is 3.69. The first-order chi connectivity index (χ1) is 8.81. The number of hydrogen-bond acceptors (Lipinski definition) is 3. The van der Waals surface area contributed by atoms with Crippen molar-refractivity contribution in [2.75, 3.05) is 0 Å². The lowest BCUT2D eigenvalue weighted by molar-refractivity contribution is 0.0533. The van der Waals surface area contributed by atoms with E-state index in [9.17, 15) is 9.90 Å². The Morgan fingerprint density at radius 3 is 2.63 bits per heavy atom. The molecule has 102 valence electrons. The zero-order valence-electron chi connectivity index (χ0n) is 11.1.